The number of hydrogen-bond donors (Lipinski definition) is 0. The van der Waals surface area contributed by atoms with Crippen molar-refractivity contribution in [2.75, 3.05) is 0 Å². The molecule has 1 heteroatoms. The fraction of sp³-hybridized carbons (Fsp3) is 0.833. The van der Waals surface area contributed by atoms with Gasteiger partial charge in [-0.15, -0.1) is 0 Å². The van der Waals surface area contributed by atoms with Crippen molar-refractivity contribution in [2.24, 2.45) is 0 Å². The van der Waals surface area contributed by atoms with Crippen LogP contribution < -0.4 is 0 Å². The van der Waals surface area contributed by atoms with Crippen molar-refractivity contribution in [3.8, 4) is 0 Å². The molecule has 0 amide bonds. The Morgan fingerprint density at radius 3 is 1.47 bits per heavy atom. The van der Waals surface area contributed by atoms with E-state index in [2.05, 4.69) is 19.1 Å². The summed E-state index contributed by atoms with van der Waals surface area (Å²) in [5.74, 6) is 0. The molecule has 19 heavy (non-hydrogen) atoms. The second-order valence-electron chi connectivity index (χ2n) is 5.54. The van der Waals surface area contributed by atoms with Gasteiger partial charge in [0.25, 0.3) is 0 Å². The monoisotopic (exact) mass is 282 g/mol. The molecular weight excluding hydrogens is 248 g/mol. The van der Waals surface area contributed by atoms with Gasteiger partial charge in [-0.1, -0.05) is 82.7 Å². The summed E-state index contributed by atoms with van der Waals surface area (Å²) in [6.07, 6.45) is 23.7. The molecule has 0 fully saturated rings. The van der Waals surface area contributed by atoms with E-state index in [0.717, 1.165) is 6.42 Å². The topological polar surface area (TPSA) is 0 Å². The van der Waals surface area contributed by atoms with Gasteiger partial charge < -0.3 is 0 Å². The van der Waals surface area contributed by atoms with E-state index in [4.69, 9.17) is 12.2 Å². The molecule has 0 heterocycles. The van der Waals surface area contributed by atoms with Crippen LogP contribution in [0.25, 0.3) is 0 Å². The third-order valence-electron chi connectivity index (χ3n) is 3.58. The smallest absolute Gasteiger partial charge is 0.0210 e. The average Bonchev–Trinajstić information content (AvgIpc) is 2.43. The highest BCUT2D eigenvalue weighted by atomic mass is 32.1. The standard InChI is InChI=1S/C18H34S/c1-2-3-4-5-6-7-8-9-10-11-12-13-14-15-16-17-18-19/h9-10,18H,2-8,11-17H2,1H3/b10-9-. The maximum absolute atomic E-state index is 4.82. The highest BCUT2D eigenvalue weighted by Crippen LogP contribution is 2.09. The molecule has 0 N–H and O–H groups in total. The first-order chi connectivity index (χ1) is 9.41. The quantitative estimate of drug-likeness (QED) is 0.177. The van der Waals surface area contributed by atoms with Crippen molar-refractivity contribution in [3.63, 3.8) is 0 Å². The van der Waals surface area contributed by atoms with Crippen molar-refractivity contribution >= 4 is 17.6 Å². The van der Waals surface area contributed by atoms with Crippen LogP contribution in [0.3, 0.4) is 0 Å². The summed E-state index contributed by atoms with van der Waals surface area (Å²) in [5, 5.41) is 1.87. The fourth-order valence-electron chi connectivity index (χ4n) is 2.30. The molecule has 0 atom stereocenters. The fourth-order valence-corrected chi connectivity index (χ4v) is 2.47. The summed E-state index contributed by atoms with van der Waals surface area (Å²) in [5.41, 5.74) is 0. The lowest BCUT2D eigenvalue weighted by Crippen LogP contribution is -1.80. The van der Waals surface area contributed by atoms with Gasteiger partial charge in [0.2, 0.25) is 0 Å². The van der Waals surface area contributed by atoms with Crippen LogP contribution in [0.2, 0.25) is 0 Å². The summed E-state index contributed by atoms with van der Waals surface area (Å²) in [4.78, 5) is 0. The molecule has 0 aromatic carbocycles. The molecular formula is C18H34S. The largest absolute Gasteiger partial charge is 0.0935 e. The Hall–Kier alpha value is -0.170. The van der Waals surface area contributed by atoms with E-state index < -0.39 is 0 Å². The van der Waals surface area contributed by atoms with Gasteiger partial charge in [-0.05, 0) is 43.9 Å². The molecule has 0 aliphatic heterocycles. The minimum Gasteiger partial charge on any atom is -0.0935 e. The van der Waals surface area contributed by atoms with Crippen LogP contribution in [-0.4, -0.2) is 5.37 Å². The molecule has 0 aromatic heterocycles. The highest BCUT2D eigenvalue weighted by Gasteiger charge is 1.90. The molecule has 0 rings (SSSR count). The van der Waals surface area contributed by atoms with Crippen LogP contribution in [0.5, 0.6) is 0 Å². The van der Waals surface area contributed by atoms with Crippen molar-refractivity contribution < 1.29 is 0 Å². The van der Waals surface area contributed by atoms with Gasteiger partial charge in [0.05, 0.1) is 0 Å². The van der Waals surface area contributed by atoms with Crippen molar-refractivity contribution in [3.05, 3.63) is 12.2 Å². The third-order valence-corrected chi connectivity index (χ3v) is 3.82. The summed E-state index contributed by atoms with van der Waals surface area (Å²) in [7, 11) is 0. The minimum absolute atomic E-state index is 1.12. The SMILES string of the molecule is CCCCCCCC/C=C\CCCCCCCC=S. The Morgan fingerprint density at radius 2 is 1.00 bits per heavy atom. The number of thiocarbonyl (C=S) groups is 1. The van der Waals surface area contributed by atoms with Crippen molar-refractivity contribution in [2.45, 2.75) is 96.8 Å². The van der Waals surface area contributed by atoms with E-state index in [1.54, 1.807) is 0 Å². The molecule has 0 aliphatic carbocycles. The predicted molar refractivity (Wildman–Crippen MR) is 93.1 cm³/mol. The lowest BCUT2D eigenvalue weighted by atomic mass is 10.1. The molecule has 0 spiro atoms. The molecule has 112 valence electrons. The van der Waals surface area contributed by atoms with E-state index in [9.17, 15) is 0 Å². The Bertz CT molecular complexity index is 196. The zero-order chi connectivity index (χ0) is 14.0. The molecule has 0 unspecified atom stereocenters. The second-order valence-corrected chi connectivity index (χ2v) is 5.87. The first-order valence-electron chi connectivity index (χ1n) is 8.50. The predicted octanol–water partition coefficient (Wildman–Crippen LogP) is 7.02. The maximum Gasteiger partial charge on any atom is -0.0210 e. The van der Waals surface area contributed by atoms with Crippen molar-refractivity contribution in [1.82, 2.24) is 0 Å². The molecule has 0 radical (unpaired) electrons. The number of allylic oxidation sites excluding steroid dienone is 2. The Labute approximate surface area is 127 Å². The van der Waals surface area contributed by atoms with E-state index in [1.165, 1.54) is 83.5 Å². The number of unbranched alkanes of at least 4 members (excludes halogenated alkanes) is 12. The van der Waals surface area contributed by atoms with E-state index >= 15 is 0 Å². The van der Waals surface area contributed by atoms with Crippen LogP contribution in [0.15, 0.2) is 12.2 Å². The summed E-state index contributed by atoms with van der Waals surface area (Å²) >= 11 is 4.82. The highest BCUT2D eigenvalue weighted by molar-refractivity contribution is 7.78. The van der Waals surface area contributed by atoms with Crippen LogP contribution in [0.4, 0.5) is 0 Å². The van der Waals surface area contributed by atoms with Crippen LogP contribution in [-0.2, 0) is 0 Å². The van der Waals surface area contributed by atoms with E-state index in [1.807, 2.05) is 5.37 Å². The normalized spacial score (nSPS) is 11.2. The van der Waals surface area contributed by atoms with Gasteiger partial charge >= 0.3 is 0 Å². The number of rotatable bonds is 15. The van der Waals surface area contributed by atoms with E-state index in [-0.39, 0.29) is 0 Å². The number of hydrogen-bond acceptors (Lipinski definition) is 1. The average molecular weight is 283 g/mol. The Morgan fingerprint density at radius 1 is 0.579 bits per heavy atom. The summed E-state index contributed by atoms with van der Waals surface area (Å²) in [6.45, 7) is 2.28. The van der Waals surface area contributed by atoms with Gasteiger partial charge in [-0.3, -0.25) is 0 Å². The van der Waals surface area contributed by atoms with E-state index in [0.29, 0.717) is 0 Å². The zero-order valence-corrected chi connectivity index (χ0v) is 13.9. The van der Waals surface area contributed by atoms with Gasteiger partial charge in [0, 0.05) is 0 Å². The molecule has 0 nitrogen and oxygen atoms in total. The second kappa shape index (κ2) is 17.8. The Kier molecular flexibility index (Phi) is 17.7. The molecule has 0 aliphatic rings. The van der Waals surface area contributed by atoms with Crippen LogP contribution >= 0.6 is 12.2 Å². The lowest BCUT2D eigenvalue weighted by Gasteiger charge is -1.99. The van der Waals surface area contributed by atoms with Crippen LogP contribution in [0.1, 0.15) is 96.8 Å². The lowest BCUT2D eigenvalue weighted by molar-refractivity contribution is 0.610. The Balaban J connectivity index is 3.03. The van der Waals surface area contributed by atoms with Gasteiger partial charge in [0.15, 0.2) is 0 Å². The molecule has 0 saturated heterocycles. The zero-order valence-electron chi connectivity index (χ0n) is 13.0. The molecule has 0 saturated carbocycles. The first kappa shape index (κ1) is 18.8. The maximum atomic E-state index is 4.82. The minimum atomic E-state index is 1.12. The van der Waals surface area contributed by atoms with Crippen molar-refractivity contribution in [1.29, 1.82) is 0 Å². The van der Waals surface area contributed by atoms with Gasteiger partial charge in [0.1, 0.15) is 0 Å². The summed E-state index contributed by atoms with van der Waals surface area (Å²) < 4.78 is 0. The third kappa shape index (κ3) is 17.8. The molecule has 0 aromatic rings. The first-order valence-corrected chi connectivity index (χ1v) is 8.97. The summed E-state index contributed by atoms with van der Waals surface area (Å²) in [6, 6.07) is 0. The van der Waals surface area contributed by atoms with Gasteiger partial charge in [-0.2, -0.15) is 0 Å². The van der Waals surface area contributed by atoms with Crippen LogP contribution in [0, 0.1) is 0 Å². The molecule has 0 bridgehead atoms. The van der Waals surface area contributed by atoms with Gasteiger partial charge in [-0.25, -0.2) is 0 Å².